The lowest BCUT2D eigenvalue weighted by Gasteiger charge is -2.11. The van der Waals surface area contributed by atoms with Crippen LogP contribution < -0.4 is 4.74 Å². The van der Waals surface area contributed by atoms with Crippen molar-refractivity contribution in [1.29, 1.82) is 0 Å². The van der Waals surface area contributed by atoms with E-state index in [1.165, 1.54) is 18.1 Å². The third-order valence-corrected chi connectivity index (χ3v) is 4.27. The lowest BCUT2D eigenvalue weighted by atomic mass is 10.2. The number of methoxy groups -OCH3 is 1. The standard InChI is InChI=1S/C16H19NO4S/c1-3-4-5-8-17-15(19)14(22-16(17)20)10-11-6-7-13(21-2)12(18)9-11/h6-7,9-10,18H,3-5,8H2,1-2H3/b14-10-. The number of nitrogens with zero attached hydrogens (tertiary/aromatic N) is 1. The van der Waals surface area contributed by atoms with Crippen LogP contribution in [0.2, 0.25) is 0 Å². The molecule has 0 unspecified atom stereocenters. The van der Waals surface area contributed by atoms with Gasteiger partial charge in [0.05, 0.1) is 12.0 Å². The first-order valence-electron chi connectivity index (χ1n) is 7.19. The Morgan fingerprint density at radius 3 is 2.73 bits per heavy atom. The molecule has 1 fully saturated rings. The fourth-order valence-corrected chi connectivity index (χ4v) is 3.03. The maximum absolute atomic E-state index is 12.3. The number of phenols is 1. The van der Waals surface area contributed by atoms with Gasteiger partial charge in [0.15, 0.2) is 11.5 Å². The van der Waals surface area contributed by atoms with E-state index in [9.17, 15) is 14.7 Å². The summed E-state index contributed by atoms with van der Waals surface area (Å²) >= 11 is 0.936. The minimum Gasteiger partial charge on any atom is -0.504 e. The smallest absolute Gasteiger partial charge is 0.293 e. The maximum atomic E-state index is 12.3. The first-order valence-corrected chi connectivity index (χ1v) is 8.00. The molecule has 1 N–H and O–H groups in total. The van der Waals surface area contributed by atoms with E-state index in [2.05, 4.69) is 6.92 Å². The van der Waals surface area contributed by atoms with Crippen LogP contribution in [0.1, 0.15) is 31.7 Å². The highest BCUT2D eigenvalue weighted by molar-refractivity contribution is 8.18. The molecule has 1 aliphatic heterocycles. The van der Waals surface area contributed by atoms with E-state index in [0.29, 0.717) is 22.8 Å². The second-order valence-corrected chi connectivity index (χ2v) is 5.96. The average Bonchev–Trinajstić information content (AvgIpc) is 2.75. The number of hydrogen-bond acceptors (Lipinski definition) is 5. The number of hydrogen-bond donors (Lipinski definition) is 1. The minimum absolute atomic E-state index is 0.00146. The van der Waals surface area contributed by atoms with Crippen LogP contribution in [0.25, 0.3) is 6.08 Å². The number of amides is 2. The average molecular weight is 321 g/mol. The first kappa shape index (κ1) is 16.4. The number of thioether (sulfide) groups is 1. The van der Waals surface area contributed by atoms with Crippen molar-refractivity contribution in [3.63, 3.8) is 0 Å². The molecule has 0 bridgehead atoms. The van der Waals surface area contributed by atoms with E-state index in [1.807, 2.05) is 0 Å². The van der Waals surface area contributed by atoms with Crippen LogP contribution in [-0.2, 0) is 4.79 Å². The van der Waals surface area contributed by atoms with E-state index < -0.39 is 0 Å². The molecule has 1 aromatic carbocycles. The molecule has 22 heavy (non-hydrogen) atoms. The Balaban J connectivity index is 2.14. The Hall–Kier alpha value is -1.95. The van der Waals surface area contributed by atoms with Crippen LogP contribution in [0.4, 0.5) is 4.79 Å². The van der Waals surface area contributed by atoms with Gasteiger partial charge in [0.25, 0.3) is 11.1 Å². The van der Waals surface area contributed by atoms with Crippen molar-refractivity contribution >= 4 is 29.0 Å². The molecular weight excluding hydrogens is 302 g/mol. The van der Waals surface area contributed by atoms with Gasteiger partial charge < -0.3 is 9.84 Å². The third-order valence-electron chi connectivity index (χ3n) is 3.36. The zero-order valence-electron chi connectivity index (χ0n) is 12.7. The van der Waals surface area contributed by atoms with Crippen LogP contribution in [0.15, 0.2) is 23.1 Å². The van der Waals surface area contributed by atoms with E-state index in [1.54, 1.807) is 18.2 Å². The van der Waals surface area contributed by atoms with Crippen LogP contribution in [0, 0.1) is 0 Å². The van der Waals surface area contributed by atoms with Crippen LogP contribution >= 0.6 is 11.8 Å². The van der Waals surface area contributed by atoms with E-state index in [-0.39, 0.29) is 16.9 Å². The maximum Gasteiger partial charge on any atom is 0.293 e. The molecule has 0 aliphatic carbocycles. The fourth-order valence-electron chi connectivity index (χ4n) is 2.16. The SMILES string of the molecule is CCCCCN1C(=O)S/C(=C\c2ccc(OC)c(O)c2)C1=O. The fraction of sp³-hybridized carbons (Fsp3) is 0.375. The number of imide groups is 1. The molecule has 2 rings (SSSR count). The number of rotatable bonds is 6. The zero-order chi connectivity index (χ0) is 16.1. The summed E-state index contributed by atoms with van der Waals surface area (Å²) in [5.41, 5.74) is 0.650. The number of phenolic OH excluding ortho intramolecular Hbond substituents is 1. The first-order chi connectivity index (χ1) is 10.6. The van der Waals surface area contributed by atoms with E-state index >= 15 is 0 Å². The molecule has 6 heteroatoms. The summed E-state index contributed by atoms with van der Waals surface area (Å²) in [4.78, 5) is 25.8. The molecule has 0 radical (unpaired) electrons. The van der Waals surface area contributed by atoms with Crippen molar-refractivity contribution in [3.8, 4) is 11.5 Å². The third kappa shape index (κ3) is 3.62. The highest BCUT2D eigenvalue weighted by atomic mass is 32.2. The highest BCUT2D eigenvalue weighted by Gasteiger charge is 2.34. The predicted octanol–water partition coefficient (Wildman–Crippen LogP) is 3.63. The molecule has 2 amide bonds. The predicted molar refractivity (Wildman–Crippen MR) is 86.9 cm³/mol. The molecule has 1 saturated heterocycles. The van der Waals surface area contributed by atoms with Crippen molar-refractivity contribution in [3.05, 3.63) is 28.7 Å². The second-order valence-electron chi connectivity index (χ2n) is 4.97. The van der Waals surface area contributed by atoms with Crippen LogP contribution in [-0.4, -0.2) is 34.8 Å². The quantitative estimate of drug-likeness (QED) is 0.640. The van der Waals surface area contributed by atoms with Gasteiger partial charge >= 0.3 is 0 Å². The molecule has 118 valence electrons. The lowest BCUT2D eigenvalue weighted by molar-refractivity contribution is -0.122. The summed E-state index contributed by atoms with van der Waals surface area (Å²) in [6, 6.07) is 4.85. The highest BCUT2D eigenvalue weighted by Crippen LogP contribution is 2.34. The van der Waals surface area contributed by atoms with Gasteiger partial charge in [-0.15, -0.1) is 0 Å². The van der Waals surface area contributed by atoms with Gasteiger partial charge in [-0.2, -0.15) is 0 Å². The summed E-state index contributed by atoms with van der Waals surface area (Å²) in [6.07, 6.45) is 4.47. The minimum atomic E-state index is -0.263. The van der Waals surface area contributed by atoms with Crippen LogP contribution in [0.3, 0.4) is 0 Å². The zero-order valence-corrected chi connectivity index (χ0v) is 13.5. The Labute approximate surface area is 133 Å². The molecular formula is C16H19NO4S. The molecule has 0 spiro atoms. The Kier molecular flexibility index (Phi) is 5.49. The number of carbonyl (C=O) groups excluding carboxylic acids is 2. The summed E-state index contributed by atoms with van der Waals surface area (Å²) in [6.45, 7) is 2.54. The number of carbonyl (C=O) groups is 2. The number of unbranched alkanes of at least 4 members (excludes halogenated alkanes) is 2. The Morgan fingerprint density at radius 1 is 1.32 bits per heavy atom. The van der Waals surface area contributed by atoms with Gasteiger partial charge in [0, 0.05) is 6.54 Å². The molecule has 1 aromatic rings. The van der Waals surface area contributed by atoms with Crippen molar-refractivity contribution in [2.24, 2.45) is 0 Å². The Morgan fingerprint density at radius 2 is 2.09 bits per heavy atom. The van der Waals surface area contributed by atoms with Gasteiger partial charge in [0.1, 0.15) is 0 Å². The summed E-state index contributed by atoms with van der Waals surface area (Å²) in [5, 5.41) is 9.52. The van der Waals surface area contributed by atoms with Gasteiger partial charge in [0.2, 0.25) is 0 Å². The molecule has 1 aliphatic rings. The van der Waals surface area contributed by atoms with Gasteiger partial charge in [-0.1, -0.05) is 25.8 Å². The second kappa shape index (κ2) is 7.35. The van der Waals surface area contributed by atoms with Crippen molar-refractivity contribution in [1.82, 2.24) is 4.90 Å². The van der Waals surface area contributed by atoms with Crippen LogP contribution in [0.5, 0.6) is 11.5 Å². The molecule has 0 saturated carbocycles. The van der Waals surface area contributed by atoms with Gasteiger partial charge in [-0.3, -0.25) is 14.5 Å². The largest absolute Gasteiger partial charge is 0.504 e. The van der Waals surface area contributed by atoms with Gasteiger partial charge in [-0.25, -0.2) is 0 Å². The van der Waals surface area contributed by atoms with E-state index in [4.69, 9.17) is 4.74 Å². The molecule has 0 aromatic heterocycles. The normalized spacial score (nSPS) is 16.6. The van der Waals surface area contributed by atoms with E-state index in [0.717, 1.165) is 31.0 Å². The van der Waals surface area contributed by atoms with Gasteiger partial charge in [-0.05, 0) is 42.0 Å². The lowest BCUT2D eigenvalue weighted by Crippen LogP contribution is -2.29. The topological polar surface area (TPSA) is 66.8 Å². The number of benzene rings is 1. The molecule has 0 atom stereocenters. The molecule has 1 heterocycles. The molecule has 5 nitrogen and oxygen atoms in total. The number of ether oxygens (including phenoxy) is 1. The Bertz CT molecular complexity index is 612. The van der Waals surface area contributed by atoms with Crippen molar-refractivity contribution in [2.75, 3.05) is 13.7 Å². The van der Waals surface area contributed by atoms with Crippen molar-refractivity contribution in [2.45, 2.75) is 26.2 Å². The monoisotopic (exact) mass is 321 g/mol. The number of aromatic hydroxyl groups is 1. The summed E-state index contributed by atoms with van der Waals surface area (Å²) < 4.78 is 4.97. The summed E-state index contributed by atoms with van der Waals surface area (Å²) in [5.74, 6) is 0.102. The summed E-state index contributed by atoms with van der Waals surface area (Å²) in [7, 11) is 1.47. The van der Waals surface area contributed by atoms with Crippen molar-refractivity contribution < 1.29 is 19.4 Å².